The molecule has 0 aliphatic heterocycles. The summed E-state index contributed by atoms with van der Waals surface area (Å²) in [5.41, 5.74) is 2.40. The third-order valence-corrected chi connectivity index (χ3v) is 9.17. The molecule has 0 bridgehead atoms. The van der Waals surface area contributed by atoms with Crippen molar-refractivity contribution in [1.82, 2.24) is 5.32 Å². The number of carbonyl (C=O) groups is 4. The summed E-state index contributed by atoms with van der Waals surface area (Å²) in [5.74, 6) is -2.04. The lowest BCUT2D eigenvalue weighted by Gasteiger charge is -2.19. The van der Waals surface area contributed by atoms with E-state index in [-0.39, 0.29) is 22.2 Å². The van der Waals surface area contributed by atoms with Crippen LogP contribution in [-0.2, 0) is 14.3 Å². The summed E-state index contributed by atoms with van der Waals surface area (Å²) >= 11 is 13.9. The molecule has 1 unspecified atom stereocenters. The summed E-state index contributed by atoms with van der Waals surface area (Å²) in [6.07, 6.45) is 1.45. The molecule has 0 saturated heterocycles. The average Bonchev–Trinajstić information content (AvgIpc) is 3.12. The fourth-order valence-electron chi connectivity index (χ4n) is 4.69. The molecule has 1 atom stereocenters. The Balaban J connectivity index is 1.40. The average molecular weight is 711 g/mol. The van der Waals surface area contributed by atoms with E-state index in [1.54, 1.807) is 91.0 Å². The molecule has 49 heavy (non-hydrogen) atoms. The second-order valence-electron chi connectivity index (χ2n) is 10.4. The predicted octanol–water partition coefficient (Wildman–Crippen LogP) is 8.66. The fourth-order valence-corrected chi connectivity index (χ4v) is 6.14. The Hall–Kier alpha value is -5.35. The van der Waals surface area contributed by atoms with Gasteiger partial charge in [0, 0.05) is 16.1 Å². The maximum atomic E-state index is 13.8. The Labute approximate surface area is 297 Å². The molecule has 5 aromatic carbocycles. The predicted molar refractivity (Wildman–Crippen MR) is 195 cm³/mol. The number of para-hydroxylation sites is 1. The largest absolute Gasteiger partial charge is 0.465 e. The zero-order valence-corrected chi connectivity index (χ0v) is 28.3. The molecule has 3 amide bonds. The zero-order valence-electron chi connectivity index (χ0n) is 26.0. The first kappa shape index (κ1) is 35.0. The van der Waals surface area contributed by atoms with Gasteiger partial charge in [-0.05, 0) is 65.7 Å². The highest BCUT2D eigenvalue weighted by Crippen LogP contribution is 2.37. The quantitative estimate of drug-likeness (QED) is 0.0719. The second-order valence-corrected chi connectivity index (χ2v) is 12.4. The third-order valence-electron chi connectivity index (χ3n) is 7.09. The van der Waals surface area contributed by atoms with Crippen LogP contribution in [0.25, 0.3) is 6.08 Å². The molecule has 0 radical (unpaired) electrons. The van der Waals surface area contributed by atoms with Gasteiger partial charge in [0.2, 0.25) is 5.91 Å². The Morgan fingerprint density at radius 2 is 1.43 bits per heavy atom. The number of halogens is 2. The van der Waals surface area contributed by atoms with Crippen molar-refractivity contribution in [3.63, 3.8) is 0 Å². The van der Waals surface area contributed by atoms with E-state index in [9.17, 15) is 19.2 Å². The van der Waals surface area contributed by atoms with E-state index in [0.717, 1.165) is 5.56 Å². The molecule has 8 nitrogen and oxygen atoms in total. The maximum Gasteiger partial charge on any atom is 0.339 e. The van der Waals surface area contributed by atoms with E-state index in [0.29, 0.717) is 32.4 Å². The smallest absolute Gasteiger partial charge is 0.339 e. The summed E-state index contributed by atoms with van der Waals surface area (Å²) < 4.78 is 4.88. The number of thioether (sulfide) groups is 1. The Bertz CT molecular complexity index is 2020. The molecule has 0 aliphatic carbocycles. The Morgan fingerprint density at radius 3 is 2.16 bits per heavy atom. The summed E-state index contributed by atoms with van der Waals surface area (Å²) in [7, 11) is 1.28. The minimum atomic E-state index is -0.733. The molecule has 246 valence electrons. The van der Waals surface area contributed by atoms with E-state index in [1.807, 2.05) is 36.4 Å². The van der Waals surface area contributed by atoms with Crippen LogP contribution in [0.15, 0.2) is 138 Å². The van der Waals surface area contributed by atoms with Crippen molar-refractivity contribution in [2.75, 3.05) is 17.7 Å². The van der Waals surface area contributed by atoms with E-state index in [4.69, 9.17) is 27.9 Å². The van der Waals surface area contributed by atoms with E-state index < -0.39 is 23.0 Å². The fraction of sp³-hybridized carbons (Fsp3) is 0.0526. The number of nitrogens with one attached hydrogen (secondary N) is 3. The van der Waals surface area contributed by atoms with Crippen molar-refractivity contribution in [2.24, 2.45) is 0 Å². The van der Waals surface area contributed by atoms with Crippen LogP contribution in [0.2, 0.25) is 10.0 Å². The van der Waals surface area contributed by atoms with Gasteiger partial charge >= 0.3 is 5.97 Å². The first-order valence-corrected chi connectivity index (χ1v) is 16.5. The van der Waals surface area contributed by atoms with Crippen LogP contribution in [0.3, 0.4) is 0 Å². The van der Waals surface area contributed by atoms with E-state index in [1.165, 1.54) is 24.9 Å². The molecule has 0 spiro atoms. The number of rotatable bonds is 11. The molecule has 5 aromatic rings. The van der Waals surface area contributed by atoms with E-state index >= 15 is 0 Å². The van der Waals surface area contributed by atoms with Crippen LogP contribution in [0.1, 0.15) is 37.1 Å². The van der Waals surface area contributed by atoms with Crippen molar-refractivity contribution < 1.29 is 23.9 Å². The van der Waals surface area contributed by atoms with Gasteiger partial charge in [-0.25, -0.2) is 4.79 Å². The number of ether oxygens (including phenoxy) is 1. The van der Waals surface area contributed by atoms with Crippen LogP contribution in [0.4, 0.5) is 11.4 Å². The first-order valence-electron chi connectivity index (χ1n) is 14.9. The van der Waals surface area contributed by atoms with Crippen LogP contribution in [0.5, 0.6) is 0 Å². The van der Waals surface area contributed by atoms with Crippen molar-refractivity contribution in [3.05, 3.63) is 165 Å². The zero-order chi connectivity index (χ0) is 34.8. The molecule has 0 saturated carbocycles. The van der Waals surface area contributed by atoms with Gasteiger partial charge in [-0.1, -0.05) is 102 Å². The van der Waals surface area contributed by atoms with Crippen molar-refractivity contribution in [2.45, 2.75) is 10.1 Å². The summed E-state index contributed by atoms with van der Waals surface area (Å²) in [6, 6.07) is 36.2. The molecule has 0 fully saturated rings. The molecule has 3 N–H and O–H groups in total. The third kappa shape index (κ3) is 9.17. The summed E-state index contributed by atoms with van der Waals surface area (Å²) in [5, 5.41) is 8.18. The SMILES string of the molecule is COC(=O)c1ccccc1NC(=O)C(Sc1cccc(NC(=O)/C(=C\c2cccc(Cl)c2Cl)NC(=O)c2ccccc2)c1)c1ccccc1. The lowest BCUT2D eigenvalue weighted by atomic mass is 10.1. The van der Waals surface area contributed by atoms with Crippen LogP contribution < -0.4 is 16.0 Å². The Morgan fingerprint density at radius 1 is 0.755 bits per heavy atom. The molecular weight excluding hydrogens is 681 g/mol. The van der Waals surface area contributed by atoms with Crippen LogP contribution >= 0.6 is 35.0 Å². The molecule has 0 aromatic heterocycles. The number of esters is 1. The van der Waals surface area contributed by atoms with Gasteiger partial charge in [-0.3, -0.25) is 14.4 Å². The lowest BCUT2D eigenvalue weighted by Crippen LogP contribution is -2.30. The minimum Gasteiger partial charge on any atom is -0.465 e. The lowest BCUT2D eigenvalue weighted by molar-refractivity contribution is -0.116. The highest BCUT2D eigenvalue weighted by Gasteiger charge is 2.24. The highest BCUT2D eigenvalue weighted by atomic mass is 35.5. The second kappa shape index (κ2) is 16.7. The highest BCUT2D eigenvalue weighted by molar-refractivity contribution is 8.00. The minimum absolute atomic E-state index is 0.0677. The van der Waals surface area contributed by atoms with Gasteiger partial charge in [0.15, 0.2) is 0 Å². The first-order chi connectivity index (χ1) is 23.7. The molecule has 0 heterocycles. The van der Waals surface area contributed by atoms with Crippen LogP contribution in [-0.4, -0.2) is 30.8 Å². The number of methoxy groups -OCH3 is 1. The molecule has 11 heteroatoms. The number of carbonyl (C=O) groups excluding carboxylic acids is 4. The molecule has 0 aliphatic rings. The maximum absolute atomic E-state index is 13.8. The number of anilines is 2. The van der Waals surface area contributed by atoms with Gasteiger partial charge in [-0.2, -0.15) is 0 Å². The van der Waals surface area contributed by atoms with E-state index in [2.05, 4.69) is 16.0 Å². The van der Waals surface area contributed by atoms with Crippen molar-refractivity contribution >= 4 is 76.1 Å². The summed E-state index contributed by atoms with van der Waals surface area (Å²) in [6.45, 7) is 0. The van der Waals surface area contributed by atoms with Gasteiger partial charge in [-0.15, -0.1) is 11.8 Å². The van der Waals surface area contributed by atoms with Gasteiger partial charge in [0.25, 0.3) is 11.8 Å². The van der Waals surface area contributed by atoms with Gasteiger partial charge in [0.05, 0.1) is 28.4 Å². The standard InChI is InChI=1S/C38H29Cl2N3O5S/c1-48-38(47)29-19-8-9-21-31(29)42-37(46)34(24-12-4-2-5-13-24)49-28-18-11-17-27(23-28)41-36(45)32(22-26-16-10-20-30(39)33(26)40)43-35(44)25-14-6-3-7-15-25/h2-23,34H,1H3,(H,41,45)(H,42,46)(H,43,44)/b32-22+. The Kier molecular flexibility index (Phi) is 11.9. The number of amides is 3. The molecule has 5 rings (SSSR count). The summed E-state index contributed by atoms with van der Waals surface area (Å²) in [4.78, 5) is 53.5. The van der Waals surface area contributed by atoms with Crippen molar-refractivity contribution in [1.29, 1.82) is 0 Å². The van der Waals surface area contributed by atoms with Gasteiger partial charge < -0.3 is 20.7 Å². The topological polar surface area (TPSA) is 114 Å². The number of hydrogen-bond acceptors (Lipinski definition) is 6. The monoisotopic (exact) mass is 709 g/mol. The van der Waals surface area contributed by atoms with Crippen molar-refractivity contribution in [3.8, 4) is 0 Å². The van der Waals surface area contributed by atoms with Crippen LogP contribution in [0, 0.1) is 0 Å². The normalized spacial score (nSPS) is 11.6. The number of benzene rings is 5. The van der Waals surface area contributed by atoms with Gasteiger partial charge in [0.1, 0.15) is 10.9 Å². The molecular formula is C38H29Cl2N3O5S. The number of hydrogen-bond donors (Lipinski definition) is 3.